The van der Waals surface area contributed by atoms with Crippen LogP contribution < -0.4 is 0 Å². The number of likely N-dealkylation sites (N-methyl/N-ethyl adjacent to an activating group) is 1. The van der Waals surface area contributed by atoms with E-state index in [-0.39, 0.29) is 0 Å². The molecule has 82 valence electrons. The lowest BCUT2D eigenvalue weighted by Crippen LogP contribution is -2.37. The minimum absolute atomic E-state index is 0.483. The normalized spacial score (nSPS) is 12.8. The molecule has 0 saturated heterocycles. The number of benzene rings is 1. The predicted octanol–water partition coefficient (Wildman–Crippen LogP) is 2.01. The van der Waals surface area contributed by atoms with Gasteiger partial charge in [-0.2, -0.15) is 0 Å². The van der Waals surface area contributed by atoms with Gasteiger partial charge in [0.15, 0.2) is 0 Å². The average Bonchev–Trinajstić information content (AvgIpc) is 2.15. The largest absolute Gasteiger partial charge is 0.480 e. The molecule has 1 rings (SSSR count). The zero-order chi connectivity index (χ0) is 11.4. The molecular formula is C11H14BrNO2. The van der Waals surface area contributed by atoms with Crippen LogP contribution in [-0.2, 0) is 11.2 Å². The number of carboxylic acid groups (broad SMARTS) is 1. The summed E-state index contributed by atoms with van der Waals surface area (Å²) in [6.07, 6.45) is 0.504. The third-order valence-electron chi connectivity index (χ3n) is 2.28. The summed E-state index contributed by atoms with van der Waals surface area (Å²) in [5.74, 6) is -0.796. The van der Waals surface area contributed by atoms with Gasteiger partial charge in [0.25, 0.3) is 0 Å². The van der Waals surface area contributed by atoms with Crippen molar-refractivity contribution >= 4 is 21.9 Å². The van der Waals surface area contributed by atoms with Gasteiger partial charge in [0.2, 0.25) is 0 Å². The van der Waals surface area contributed by atoms with Crippen molar-refractivity contribution in [1.29, 1.82) is 0 Å². The Morgan fingerprint density at radius 2 is 2.07 bits per heavy atom. The van der Waals surface area contributed by atoms with Crippen LogP contribution in [0, 0.1) is 0 Å². The van der Waals surface area contributed by atoms with Gasteiger partial charge >= 0.3 is 5.97 Å². The highest BCUT2D eigenvalue weighted by atomic mass is 79.9. The van der Waals surface area contributed by atoms with Crippen molar-refractivity contribution in [3.8, 4) is 0 Å². The van der Waals surface area contributed by atoms with Gasteiger partial charge in [-0.15, -0.1) is 0 Å². The van der Waals surface area contributed by atoms with E-state index in [0.717, 1.165) is 10.0 Å². The molecule has 1 aromatic rings. The van der Waals surface area contributed by atoms with Crippen LogP contribution in [0.3, 0.4) is 0 Å². The topological polar surface area (TPSA) is 40.5 Å². The maximum atomic E-state index is 11.0. The molecule has 1 N–H and O–H groups in total. The van der Waals surface area contributed by atoms with Crippen LogP contribution in [0.2, 0.25) is 0 Å². The van der Waals surface area contributed by atoms with E-state index in [1.54, 1.807) is 19.0 Å². The van der Waals surface area contributed by atoms with E-state index in [4.69, 9.17) is 5.11 Å². The van der Waals surface area contributed by atoms with E-state index in [9.17, 15) is 4.79 Å². The number of aliphatic carboxylic acids is 1. The minimum Gasteiger partial charge on any atom is -0.480 e. The first kappa shape index (κ1) is 12.2. The van der Waals surface area contributed by atoms with E-state index >= 15 is 0 Å². The van der Waals surface area contributed by atoms with Crippen LogP contribution in [0.5, 0.6) is 0 Å². The summed E-state index contributed by atoms with van der Waals surface area (Å²) in [6, 6.07) is 7.20. The molecular weight excluding hydrogens is 258 g/mol. The van der Waals surface area contributed by atoms with Crippen molar-refractivity contribution in [1.82, 2.24) is 4.90 Å². The molecule has 1 atom stereocenters. The second kappa shape index (κ2) is 5.28. The Morgan fingerprint density at radius 1 is 1.47 bits per heavy atom. The SMILES string of the molecule is CN(C)[C@@H](Cc1ccccc1Br)C(=O)O. The molecule has 0 aliphatic rings. The van der Waals surface area contributed by atoms with Crippen molar-refractivity contribution in [2.45, 2.75) is 12.5 Å². The Kier molecular flexibility index (Phi) is 4.29. The smallest absolute Gasteiger partial charge is 0.321 e. The summed E-state index contributed by atoms with van der Waals surface area (Å²) in [7, 11) is 3.55. The molecule has 0 aromatic heterocycles. The number of halogens is 1. The summed E-state index contributed by atoms with van der Waals surface area (Å²) in [5, 5.41) is 9.04. The molecule has 0 aliphatic heterocycles. The van der Waals surface area contributed by atoms with Gasteiger partial charge in [-0.3, -0.25) is 9.69 Å². The molecule has 4 heteroatoms. The Bertz CT molecular complexity index is 352. The molecule has 0 fully saturated rings. The number of carbonyl (C=O) groups is 1. The fourth-order valence-corrected chi connectivity index (χ4v) is 1.81. The van der Waals surface area contributed by atoms with Crippen LogP contribution in [0.25, 0.3) is 0 Å². The van der Waals surface area contributed by atoms with Crippen molar-refractivity contribution in [2.24, 2.45) is 0 Å². The van der Waals surface area contributed by atoms with Crippen LogP contribution in [0.1, 0.15) is 5.56 Å². The maximum absolute atomic E-state index is 11.0. The molecule has 0 heterocycles. The highest BCUT2D eigenvalue weighted by Gasteiger charge is 2.20. The summed E-state index contributed by atoms with van der Waals surface area (Å²) in [4.78, 5) is 12.7. The van der Waals surface area contributed by atoms with Gasteiger partial charge in [-0.25, -0.2) is 0 Å². The van der Waals surface area contributed by atoms with Gasteiger partial charge in [0, 0.05) is 4.47 Å². The van der Waals surface area contributed by atoms with Crippen LogP contribution >= 0.6 is 15.9 Å². The third-order valence-corrected chi connectivity index (χ3v) is 3.05. The fraction of sp³-hybridized carbons (Fsp3) is 0.364. The molecule has 0 unspecified atom stereocenters. The lowest BCUT2D eigenvalue weighted by atomic mass is 10.1. The Hall–Kier alpha value is -0.870. The first-order chi connectivity index (χ1) is 7.02. The van der Waals surface area contributed by atoms with Crippen molar-refractivity contribution in [2.75, 3.05) is 14.1 Å². The lowest BCUT2D eigenvalue weighted by molar-refractivity contribution is -0.142. The molecule has 15 heavy (non-hydrogen) atoms. The van der Waals surface area contributed by atoms with Gasteiger partial charge in [0.1, 0.15) is 6.04 Å². The molecule has 0 spiro atoms. The number of nitrogens with zero attached hydrogens (tertiary/aromatic N) is 1. The number of rotatable bonds is 4. The molecule has 0 bridgehead atoms. The lowest BCUT2D eigenvalue weighted by Gasteiger charge is -2.20. The summed E-state index contributed by atoms with van der Waals surface area (Å²) in [6.45, 7) is 0. The van der Waals surface area contributed by atoms with E-state index in [1.165, 1.54) is 0 Å². The number of carboxylic acids is 1. The average molecular weight is 272 g/mol. The zero-order valence-corrected chi connectivity index (χ0v) is 10.4. The monoisotopic (exact) mass is 271 g/mol. The van der Waals surface area contributed by atoms with Crippen molar-refractivity contribution in [3.63, 3.8) is 0 Å². The van der Waals surface area contributed by atoms with Crippen molar-refractivity contribution in [3.05, 3.63) is 34.3 Å². The van der Waals surface area contributed by atoms with E-state index in [0.29, 0.717) is 6.42 Å². The Labute approximate surface area is 97.8 Å². The third kappa shape index (κ3) is 3.32. The second-order valence-corrected chi connectivity index (χ2v) is 4.47. The first-order valence-corrected chi connectivity index (χ1v) is 5.44. The molecule has 0 amide bonds. The first-order valence-electron chi connectivity index (χ1n) is 4.65. The van der Waals surface area contributed by atoms with E-state index < -0.39 is 12.0 Å². The number of hydrogen-bond donors (Lipinski definition) is 1. The van der Waals surface area contributed by atoms with E-state index in [2.05, 4.69) is 15.9 Å². The van der Waals surface area contributed by atoms with Crippen LogP contribution in [-0.4, -0.2) is 36.1 Å². The number of hydrogen-bond acceptors (Lipinski definition) is 2. The van der Waals surface area contributed by atoms with Crippen LogP contribution in [0.4, 0.5) is 0 Å². The van der Waals surface area contributed by atoms with Gasteiger partial charge < -0.3 is 5.11 Å². The molecule has 0 radical (unpaired) electrons. The summed E-state index contributed by atoms with van der Waals surface area (Å²) in [5.41, 5.74) is 1.01. The standard InChI is InChI=1S/C11H14BrNO2/c1-13(2)10(11(14)15)7-8-5-3-4-6-9(8)12/h3-6,10H,7H2,1-2H3,(H,14,15)/t10-/m0/s1. The second-order valence-electron chi connectivity index (χ2n) is 3.61. The minimum atomic E-state index is -0.796. The summed E-state index contributed by atoms with van der Waals surface area (Å²) < 4.78 is 0.957. The highest BCUT2D eigenvalue weighted by Crippen LogP contribution is 2.18. The van der Waals surface area contributed by atoms with E-state index in [1.807, 2.05) is 24.3 Å². The molecule has 0 saturated carbocycles. The predicted molar refractivity (Wildman–Crippen MR) is 63.0 cm³/mol. The van der Waals surface area contributed by atoms with Crippen LogP contribution in [0.15, 0.2) is 28.7 Å². The highest BCUT2D eigenvalue weighted by molar-refractivity contribution is 9.10. The molecule has 1 aromatic carbocycles. The van der Waals surface area contributed by atoms with Gasteiger partial charge in [-0.1, -0.05) is 34.1 Å². The van der Waals surface area contributed by atoms with Gasteiger partial charge in [0.05, 0.1) is 0 Å². The maximum Gasteiger partial charge on any atom is 0.321 e. The summed E-state index contributed by atoms with van der Waals surface area (Å²) >= 11 is 3.41. The van der Waals surface area contributed by atoms with Gasteiger partial charge in [-0.05, 0) is 32.1 Å². The quantitative estimate of drug-likeness (QED) is 0.911. The Balaban J connectivity index is 2.84. The Morgan fingerprint density at radius 3 is 2.53 bits per heavy atom. The fourth-order valence-electron chi connectivity index (χ4n) is 1.36. The molecule has 0 aliphatic carbocycles. The van der Waals surface area contributed by atoms with Crippen molar-refractivity contribution < 1.29 is 9.90 Å². The molecule has 3 nitrogen and oxygen atoms in total. The zero-order valence-electron chi connectivity index (χ0n) is 8.77.